The Bertz CT molecular complexity index is 991. The van der Waals surface area contributed by atoms with E-state index in [-0.39, 0.29) is 43.2 Å². The Balaban J connectivity index is 2.07. The first-order valence-electron chi connectivity index (χ1n) is 9.08. The van der Waals surface area contributed by atoms with Crippen LogP contribution in [0.4, 0.5) is 5.69 Å². The van der Waals surface area contributed by atoms with Crippen LogP contribution >= 0.6 is 0 Å². The number of carbonyl (C=O) groups is 2. The van der Waals surface area contributed by atoms with Crippen molar-refractivity contribution >= 4 is 23.1 Å². The van der Waals surface area contributed by atoms with Crippen LogP contribution < -0.4 is 0 Å². The lowest BCUT2D eigenvalue weighted by Gasteiger charge is -2.24. The molecule has 30 heavy (non-hydrogen) atoms. The molecule has 2 N–H and O–H groups in total. The van der Waals surface area contributed by atoms with Gasteiger partial charge in [-0.3, -0.25) is 24.7 Å². The molecule has 1 amide bonds. The van der Waals surface area contributed by atoms with Gasteiger partial charge in [0.05, 0.1) is 36.0 Å². The fourth-order valence-electron chi connectivity index (χ4n) is 3.21. The van der Waals surface area contributed by atoms with E-state index in [1.165, 1.54) is 29.3 Å². The number of rotatable bonds is 8. The number of ketones is 1. The summed E-state index contributed by atoms with van der Waals surface area (Å²) in [5.74, 6) is -2.28. The molecule has 10 heteroatoms. The molecule has 3 rings (SSSR count). The van der Waals surface area contributed by atoms with Gasteiger partial charge >= 0.3 is 0 Å². The van der Waals surface area contributed by atoms with E-state index in [9.17, 15) is 24.8 Å². The second-order valence-corrected chi connectivity index (χ2v) is 6.39. The number of nitro benzene ring substituents is 1. The monoisotopic (exact) mass is 413 g/mol. The van der Waals surface area contributed by atoms with E-state index >= 15 is 0 Å². The van der Waals surface area contributed by atoms with E-state index in [0.717, 1.165) is 6.07 Å². The molecule has 0 aliphatic carbocycles. The van der Waals surface area contributed by atoms with Gasteiger partial charge < -0.3 is 19.8 Å². The molecule has 0 bridgehead atoms. The van der Waals surface area contributed by atoms with Crippen LogP contribution in [0.2, 0.25) is 0 Å². The molecule has 1 fully saturated rings. The molecular weight excluding hydrogens is 394 g/mol. The number of carbonyl (C=O) groups excluding carboxylic acids is 2. The van der Waals surface area contributed by atoms with Crippen LogP contribution in [-0.4, -0.2) is 63.1 Å². The van der Waals surface area contributed by atoms with Gasteiger partial charge in [0.15, 0.2) is 0 Å². The van der Waals surface area contributed by atoms with Gasteiger partial charge in [-0.1, -0.05) is 18.2 Å². The van der Waals surface area contributed by atoms with Crippen molar-refractivity contribution in [1.29, 1.82) is 0 Å². The SMILES string of the molecule is O=C1C(=O)N(CCOCCO)[C@@H](c2ccccn2)C1=C(O)c1cccc([N+](=O)[O-])c1. The topological polar surface area (TPSA) is 143 Å². The molecular formula is C20H19N3O7. The Morgan fingerprint density at radius 1 is 1.20 bits per heavy atom. The van der Waals surface area contributed by atoms with Gasteiger partial charge in [0.2, 0.25) is 0 Å². The molecule has 1 saturated heterocycles. The van der Waals surface area contributed by atoms with Gasteiger partial charge in [-0.05, 0) is 12.1 Å². The van der Waals surface area contributed by atoms with Crippen molar-refractivity contribution in [2.24, 2.45) is 0 Å². The fourth-order valence-corrected chi connectivity index (χ4v) is 3.21. The number of amides is 1. The first-order valence-corrected chi connectivity index (χ1v) is 9.08. The molecule has 2 heterocycles. The van der Waals surface area contributed by atoms with Crippen LogP contribution in [-0.2, 0) is 14.3 Å². The number of ether oxygens (including phenoxy) is 1. The Kier molecular flexibility index (Phi) is 6.50. The predicted molar refractivity (Wildman–Crippen MR) is 104 cm³/mol. The maximum absolute atomic E-state index is 12.8. The number of non-ortho nitro benzene ring substituents is 1. The Morgan fingerprint density at radius 2 is 2.00 bits per heavy atom. The summed E-state index contributed by atoms with van der Waals surface area (Å²) < 4.78 is 5.21. The number of aliphatic hydroxyl groups is 2. The van der Waals surface area contributed by atoms with E-state index in [1.54, 1.807) is 18.2 Å². The summed E-state index contributed by atoms with van der Waals surface area (Å²) in [6.07, 6.45) is 1.49. The lowest BCUT2D eigenvalue weighted by molar-refractivity contribution is -0.384. The number of Topliss-reactive ketones (excluding diaryl/α,β-unsaturated/α-hetero) is 1. The third kappa shape index (κ3) is 4.19. The minimum absolute atomic E-state index is 0.0253. The summed E-state index contributed by atoms with van der Waals surface area (Å²) in [6, 6.07) is 9.14. The predicted octanol–water partition coefficient (Wildman–Crippen LogP) is 1.42. The first-order chi connectivity index (χ1) is 14.5. The maximum atomic E-state index is 12.8. The number of aliphatic hydroxyl groups excluding tert-OH is 2. The van der Waals surface area contributed by atoms with Crippen molar-refractivity contribution in [1.82, 2.24) is 9.88 Å². The summed E-state index contributed by atoms with van der Waals surface area (Å²) in [6.45, 7) is -0.0214. The number of benzene rings is 1. The molecule has 0 spiro atoms. The van der Waals surface area contributed by atoms with Crippen molar-refractivity contribution in [3.8, 4) is 0 Å². The third-order valence-corrected chi connectivity index (χ3v) is 4.55. The van der Waals surface area contributed by atoms with Gasteiger partial charge in [-0.15, -0.1) is 0 Å². The van der Waals surface area contributed by atoms with Crippen molar-refractivity contribution < 1.29 is 29.5 Å². The average Bonchev–Trinajstić information content (AvgIpc) is 3.01. The van der Waals surface area contributed by atoms with Crippen molar-refractivity contribution in [3.05, 3.63) is 75.6 Å². The number of nitro groups is 1. The quantitative estimate of drug-likeness (QED) is 0.165. The lowest BCUT2D eigenvalue weighted by atomic mass is 9.98. The lowest BCUT2D eigenvalue weighted by Crippen LogP contribution is -2.33. The van der Waals surface area contributed by atoms with Crippen molar-refractivity contribution in [2.75, 3.05) is 26.4 Å². The highest BCUT2D eigenvalue weighted by Crippen LogP contribution is 2.38. The highest BCUT2D eigenvalue weighted by atomic mass is 16.6. The fraction of sp³-hybridized carbons (Fsp3) is 0.250. The minimum atomic E-state index is -0.983. The van der Waals surface area contributed by atoms with Gasteiger partial charge in [0, 0.05) is 30.4 Å². The summed E-state index contributed by atoms with van der Waals surface area (Å²) in [5.41, 5.74) is -0.0769. The maximum Gasteiger partial charge on any atom is 0.295 e. The highest BCUT2D eigenvalue weighted by Gasteiger charge is 2.46. The van der Waals surface area contributed by atoms with E-state index in [1.807, 2.05) is 0 Å². The Hall–Kier alpha value is -3.63. The minimum Gasteiger partial charge on any atom is -0.507 e. The van der Waals surface area contributed by atoms with Gasteiger partial charge in [-0.2, -0.15) is 0 Å². The second kappa shape index (κ2) is 9.25. The summed E-state index contributed by atoms with van der Waals surface area (Å²) >= 11 is 0. The van der Waals surface area contributed by atoms with E-state index in [0.29, 0.717) is 5.69 Å². The normalized spacial score (nSPS) is 18.0. The van der Waals surface area contributed by atoms with E-state index < -0.39 is 28.4 Å². The molecule has 0 unspecified atom stereocenters. The van der Waals surface area contributed by atoms with Crippen LogP contribution in [0.3, 0.4) is 0 Å². The number of likely N-dealkylation sites (tertiary alicyclic amines) is 1. The number of hydrogen-bond acceptors (Lipinski definition) is 8. The van der Waals surface area contributed by atoms with E-state index in [2.05, 4.69) is 4.98 Å². The van der Waals surface area contributed by atoms with E-state index in [4.69, 9.17) is 9.84 Å². The molecule has 1 atom stereocenters. The van der Waals surface area contributed by atoms with Crippen molar-refractivity contribution in [2.45, 2.75) is 6.04 Å². The molecule has 0 radical (unpaired) electrons. The smallest absolute Gasteiger partial charge is 0.295 e. The van der Waals surface area contributed by atoms with Gasteiger partial charge in [-0.25, -0.2) is 0 Å². The van der Waals surface area contributed by atoms with Crippen LogP contribution in [0.15, 0.2) is 54.2 Å². The molecule has 1 aromatic carbocycles. The van der Waals surface area contributed by atoms with Crippen molar-refractivity contribution in [3.63, 3.8) is 0 Å². The second-order valence-electron chi connectivity index (χ2n) is 6.39. The average molecular weight is 413 g/mol. The Morgan fingerprint density at radius 3 is 2.67 bits per heavy atom. The van der Waals surface area contributed by atoms with Gasteiger partial charge in [0.25, 0.3) is 17.4 Å². The largest absolute Gasteiger partial charge is 0.507 e. The zero-order valence-electron chi connectivity index (χ0n) is 15.8. The molecule has 1 aliphatic heterocycles. The molecule has 2 aromatic rings. The highest BCUT2D eigenvalue weighted by molar-refractivity contribution is 6.46. The van der Waals surface area contributed by atoms with Crippen LogP contribution in [0.5, 0.6) is 0 Å². The Labute approximate surface area is 171 Å². The molecule has 10 nitrogen and oxygen atoms in total. The summed E-state index contributed by atoms with van der Waals surface area (Å²) in [4.78, 5) is 41.3. The molecule has 1 aromatic heterocycles. The number of aromatic nitrogens is 1. The molecule has 1 aliphatic rings. The van der Waals surface area contributed by atoms with Crippen LogP contribution in [0.1, 0.15) is 17.3 Å². The van der Waals surface area contributed by atoms with Gasteiger partial charge in [0.1, 0.15) is 11.8 Å². The van der Waals surface area contributed by atoms with Crippen LogP contribution in [0, 0.1) is 10.1 Å². The summed E-state index contributed by atoms with van der Waals surface area (Å²) in [5, 5.41) is 30.7. The third-order valence-electron chi connectivity index (χ3n) is 4.55. The first kappa shape index (κ1) is 21.1. The molecule has 0 saturated carbocycles. The number of hydrogen-bond donors (Lipinski definition) is 2. The summed E-state index contributed by atoms with van der Waals surface area (Å²) in [7, 11) is 0. The zero-order valence-corrected chi connectivity index (χ0v) is 15.8. The number of pyridine rings is 1. The standard InChI is InChI=1S/C20H19N3O7/c24-9-11-30-10-8-22-17(15-6-1-2-7-21-15)16(19(26)20(22)27)18(25)13-4-3-5-14(12-13)23(28)29/h1-7,12,17,24-25H,8-11H2/t17-/m0/s1. The van der Waals surface area contributed by atoms with Crippen LogP contribution in [0.25, 0.3) is 5.76 Å². The number of nitrogens with zero attached hydrogens (tertiary/aromatic N) is 3. The molecule has 156 valence electrons. The zero-order chi connectivity index (χ0) is 21.7.